The number of hydrogen-bond donors (Lipinski definition) is 1. The van der Waals surface area contributed by atoms with E-state index < -0.39 is 6.17 Å². The molecule has 1 nitrogen and oxygen atoms in total. The molecule has 60 valence electrons. The fraction of sp³-hybridized carbons (Fsp3) is 1.00. The lowest BCUT2D eigenvalue weighted by molar-refractivity contribution is 0.183. The minimum Gasteiger partial charge on any atom is -0.314 e. The van der Waals surface area contributed by atoms with E-state index in [1.54, 1.807) is 0 Å². The summed E-state index contributed by atoms with van der Waals surface area (Å²) in [6.45, 7) is 5.87. The second-order valence-electron chi connectivity index (χ2n) is 3.50. The molecule has 0 saturated carbocycles. The van der Waals surface area contributed by atoms with Gasteiger partial charge in [0.25, 0.3) is 0 Å². The van der Waals surface area contributed by atoms with Gasteiger partial charge in [0.15, 0.2) is 0 Å². The maximum absolute atomic E-state index is 12.7. The van der Waals surface area contributed by atoms with E-state index in [4.69, 9.17) is 0 Å². The van der Waals surface area contributed by atoms with Crippen LogP contribution in [0.25, 0.3) is 0 Å². The fourth-order valence-electron chi connectivity index (χ4n) is 1.43. The Hall–Kier alpha value is -0.110. The Kier molecular flexibility index (Phi) is 2.66. The number of hydrogen-bond acceptors (Lipinski definition) is 1. The molecule has 1 N–H and O–H groups in total. The third-order valence-electron chi connectivity index (χ3n) is 2.27. The van der Waals surface area contributed by atoms with Gasteiger partial charge < -0.3 is 5.32 Å². The molecule has 0 aromatic carbocycles. The molecule has 0 spiro atoms. The van der Waals surface area contributed by atoms with Crippen LogP contribution in [0, 0.1) is 11.8 Å². The Morgan fingerprint density at radius 2 is 2.10 bits per heavy atom. The molecule has 2 atom stereocenters. The zero-order valence-corrected chi connectivity index (χ0v) is 6.73. The molecule has 0 aromatic heterocycles. The van der Waals surface area contributed by atoms with Gasteiger partial charge in [-0.15, -0.1) is 0 Å². The predicted octanol–water partition coefficient (Wildman–Crippen LogP) is 1.59. The summed E-state index contributed by atoms with van der Waals surface area (Å²) in [4.78, 5) is 0. The average molecular weight is 145 g/mol. The van der Waals surface area contributed by atoms with E-state index in [-0.39, 0.29) is 0 Å². The topological polar surface area (TPSA) is 12.0 Å². The molecule has 1 aliphatic rings. The molecule has 1 saturated heterocycles. The van der Waals surface area contributed by atoms with Crippen LogP contribution in [0.1, 0.15) is 20.3 Å². The summed E-state index contributed by atoms with van der Waals surface area (Å²) < 4.78 is 12.7. The van der Waals surface area contributed by atoms with E-state index >= 15 is 0 Å². The van der Waals surface area contributed by atoms with Crippen LogP contribution in [-0.2, 0) is 0 Å². The Bertz CT molecular complexity index is 103. The molecule has 1 rings (SSSR count). The standard InChI is InChI=1S/C8H16FN/c1-6(2)7-3-8(9)5-10-4-7/h6-8,10H,3-5H2,1-2H3/t7-,8+/m0/s1. The van der Waals surface area contributed by atoms with Gasteiger partial charge >= 0.3 is 0 Å². The van der Waals surface area contributed by atoms with E-state index in [1.807, 2.05) is 0 Å². The SMILES string of the molecule is CC(C)[C@@H]1CNC[C@H](F)C1. The highest BCUT2D eigenvalue weighted by molar-refractivity contribution is 4.77. The lowest BCUT2D eigenvalue weighted by Gasteiger charge is -2.28. The molecule has 10 heavy (non-hydrogen) atoms. The summed E-state index contributed by atoms with van der Waals surface area (Å²) in [5.74, 6) is 1.16. The van der Waals surface area contributed by atoms with Gasteiger partial charge in [-0.3, -0.25) is 0 Å². The van der Waals surface area contributed by atoms with Crippen molar-refractivity contribution in [3.05, 3.63) is 0 Å². The molecule has 0 amide bonds. The van der Waals surface area contributed by atoms with Crippen LogP contribution in [0.4, 0.5) is 4.39 Å². The zero-order chi connectivity index (χ0) is 7.56. The Labute approximate surface area is 62.0 Å². The molecule has 2 heteroatoms. The monoisotopic (exact) mass is 145 g/mol. The Morgan fingerprint density at radius 3 is 2.50 bits per heavy atom. The van der Waals surface area contributed by atoms with Crippen molar-refractivity contribution < 1.29 is 4.39 Å². The first-order valence-corrected chi connectivity index (χ1v) is 4.05. The first-order valence-electron chi connectivity index (χ1n) is 4.05. The van der Waals surface area contributed by atoms with Crippen LogP contribution in [0.5, 0.6) is 0 Å². The van der Waals surface area contributed by atoms with E-state index in [0.717, 1.165) is 13.0 Å². The number of halogens is 1. The van der Waals surface area contributed by atoms with Gasteiger partial charge in [-0.1, -0.05) is 13.8 Å². The molecule has 1 heterocycles. The molecule has 1 fully saturated rings. The summed E-state index contributed by atoms with van der Waals surface area (Å²) in [5.41, 5.74) is 0. The fourth-order valence-corrected chi connectivity index (χ4v) is 1.43. The quantitative estimate of drug-likeness (QED) is 0.591. The van der Waals surface area contributed by atoms with Crippen molar-refractivity contribution >= 4 is 0 Å². The van der Waals surface area contributed by atoms with E-state index in [9.17, 15) is 4.39 Å². The van der Waals surface area contributed by atoms with Crippen LogP contribution < -0.4 is 5.32 Å². The van der Waals surface area contributed by atoms with Gasteiger partial charge in [-0.05, 0) is 24.8 Å². The van der Waals surface area contributed by atoms with Crippen molar-refractivity contribution in [2.24, 2.45) is 11.8 Å². The summed E-state index contributed by atoms with van der Waals surface area (Å²) >= 11 is 0. The minimum absolute atomic E-state index is 0.545. The van der Waals surface area contributed by atoms with Gasteiger partial charge in [-0.25, -0.2) is 4.39 Å². The van der Waals surface area contributed by atoms with Crippen molar-refractivity contribution in [2.75, 3.05) is 13.1 Å². The number of rotatable bonds is 1. The number of piperidine rings is 1. The molecule has 0 aromatic rings. The van der Waals surface area contributed by atoms with Crippen molar-refractivity contribution in [3.8, 4) is 0 Å². The second-order valence-corrected chi connectivity index (χ2v) is 3.50. The normalized spacial score (nSPS) is 34.8. The molecule has 1 aliphatic heterocycles. The Morgan fingerprint density at radius 1 is 1.40 bits per heavy atom. The highest BCUT2D eigenvalue weighted by Gasteiger charge is 2.22. The first kappa shape index (κ1) is 7.99. The molecule has 0 radical (unpaired) electrons. The third-order valence-corrected chi connectivity index (χ3v) is 2.27. The number of nitrogens with one attached hydrogen (secondary N) is 1. The van der Waals surface area contributed by atoms with Crippen molar-refractivity contribution in [2.45, 2.75) is 26.4 Å². The van der Waals surface area contributed by atoms with Crippen LogP contribution in [0.15, 0.2) is 0 Å². The largest absolute Gasteiger partial charge is 0.314 e. The van der Waals surface area contributed by atoms with Crippen molar-refractivity contribution in [3.63, 3.8) is 0 Å². The van der Waals surface area contributed by atoms with Gasteiger partial charge in [0.2, 0.25) is 0 Å². The predicted molar refractivity (Wildman–Crippen MR) is 40.7 cm³/mol. The van der Waals surface area contributed by atoms with E-state index in [1.165, 1.54) is 0 Å². The molecule has 0 bridgehead atoms. The third kappa shape index (κ3) is 1.94. The van der Waals surface area contributed by atoms with Gasteiger partial charge in [0.05, 0.1) is 0 Å². The Balaban J connectivity index is 2.32. The highest BCUT2D eigenvalue weighted by Crippen LogP contribution is 2.20. The van der Waals surface area contributed by atoms with Crippen molar-refractivity contribution in [1.82, 2.24) is 5.32 Å². The van der Waals surface area contributed by atoms with E-state index in [0.29, 0.717) is 18.4 Å². The summed E-state index contributed by atoms with van der Waals surface area (Å²) in [7, 11) is 0. The maximum atomic E-state index is 12.7. The summed E-state index contributed by atoms with van der Waals surface area (Å²) in [6, 6.07) is 0. The molecular weight excluding hydrogens is 129 g/mol. The zero-order valence-electron chi connectivity index (χ0n) is 6.73. The van der Waals surface area contributed by atoms with Crippen molar-refractivity contribution in [1.29, 1.82) is 0 Å². The molecule has 0 unspecified atom stereocenters. The molecular formula is C8H16FN. The maximum Gasteiger partial charge on any atom is 0.113 e. The first-order chi connectivity index (χ1) is 4.70. The lowest BCUT2D eigenvalue weighted by atomic mass is 9.88. The van der Waals surface area contributed by atoms with Crippen LogP contribution >= 0.6 is 0 Å². The average Bonchev–Trinajstić information content (AvgIpc) is 1.88. The van der Waals surface area contributed by atoms with Crippen LogP contribution in [0.3, 0.4) is 0 Å². The van der Waals surface area contributed by atoms with Gasteiger partial charge in [0, 0.05) is 6.54 Å². The minimum atomic E-state index is -0.610. The lowest BCUT2D eigenvalue weighted by Crippen LogP contribution is -2.39. The van der Waals surface area contributed by atoms with Crippen LogP contribution in [0.2, 0.25) is 0 Å². The summed E-state index contributed by atoms with van der Waals surface area (Å²) in [5, 5.41) is 3.09. The van der Waals surface area contributed by atoms with E-state index in [2.05, 4.69) is 19.2 Å². The van der Waals surface area contributed by atoms with Gasteiger partial charge in [0.1, 0.15) is 6.17 Å². The smallest absolute Gasteiger partial charge is 0.113 e. The van der Waals surface area contributed by atoms with Gasteiger partial charge in [-0.2, -0.15) is 0 Å². The summed E-state index contributed by atoms with van der Waals surface area (Å²) in [6.07, 6.45) is 0.145. The highest BCUT2D eigenvalue weighted by atomic mass is 19.1. The molecule has 0 aliphatic carbocycles. The second kappa shape index (κ2) is 3.33. The number of alkyl halides is 1. The van der Waals surface area contributed by atoms with Crippen LogP contribution in [-0.4, -0.2) is 19.3 Å².